The molecule has 22 heavy (non-hydrogen) atoms. The Kier molecular flexibility index (Phi) is 4.47. The van der Waals surface area contributed by atoms with Gasteiger partial charge in [0.15, 0.2) is 0 Å². The summed E-state index contributed by atoms with van der Waals surface area (Å²) in [5.74, 6) is 0.0594. The number of amides is 1. The maximum atomic E-state index is 12.3. The summed E-state index contributed by atoms with van der Waals surface area (Å²) in [6.07, 6.45) is 5.33. The third kappa shape index (κ3) is 3.16. The van der Waals surface area contributed by atoms with E-state index in [1.165, 1.54) is 12.3 Å². The predicted octanol–water partition coefficient (Wildman–Crippen LogP) is 1.94. The molecule has 2 aliphatic heterocycles. The van der Waals surface area contributed by atoms with E-state index in [9.17, 15) is 9.59 Å². The van der Waals surface area contributed by atoms with Crippen molar-refractivity contribution in [1.82, 2.24) is 4.90 Å². The molecule has 1 unspecified atom stereocenters. The van der Waals surface area contributed by atoms with Crippen LogP contribution in [0.25, 0.3) is 0 Å². The standard InChI is InChI=1S/C16H21NO5/c18-15(13-2-1-8-21-13)17-6-3-11(4-7-17)10-14-12(16(19)20)5-9-22-14/h5,9,11,13H,1-4,6-8,10H2,(H,19,20). The molecule has 1 aromatic rings. The van der Waals surface area contributed by atoms with Crippen LogP contribution in [0.2, 0.25) is 0 Å². The number of nitrogens with zero attached hydrogens (tertiary/aromatic N) is 1. The smallest absolute Gasteiger partial charge is 0.339 e. The first-order valence-corrected chi connectivity index (χ1v) is 7.85. The quantitative estimate of drug-likeness (QED) is 0.919. The van der Waals surface area contributed by atoms with Crippen LogP contribution in [0.1, 0.15) is 41.8 Å². The number of furan rings is 1. The highest BCUT2D eigenvalue weighted by Gasteiger charge is 2.31. The van der Waals surface area contributed by atoms with Crippen molar-refractivity contribution in [3.63, 3.8) is 0 Å². The molecule has 0 aliphatic carbocycles. The first-order chi connectivity index (χ1) is 10.6. The number of hydrogen-bond donors (Lipinski definition) is 1. The average molecular weight is 307 g/mol. The molecule has 1 atom stereocenters. The van der Waals surface area contributed by atoms with Gasteiger partial charge in [-0.1, -0.05) is 0 Å². The first-order valence-electron chi connectivity index (χ1n) is 7.85. The molecule has 3 heterocycles. The van der Waals surface area contributed by atoms with E-state index < -0.39 is 5.97 Å². The van der Waals surface area contributed by atoms with Crippen LogP contribution in [0.5, 0.6) is 0 Å². The van der Waals surface area contributed by atoms with Gasteiger partial charge in [0, 0.05) is 26.1 Å². The number of carboxylic acids is 1. The Morgan fingerprint density at radius 3 is 2.68 bits per heavy atom. The second-order valence-corrected chi connectivity index (χ2v) is 6.04. The van der Waals surface area contributed by atoms with Crippen LogP contribution in [0, 0.1) is 5.92 Å². The molecule has 0 aromatic carbocycles. The van der Waals surface area contributed by atoms with E-state index in [4.69, 9.17) is 14.3 Å². The van der Waals surface area contributed by atoms with E-state index in [1.807, 2.05) is 4.90 Å². The summed E-state index contributed by atoms with van der Waals surface area (Å²) in [6.45, 7) is 2.11. The molecule has 0 radical (unpaired) electrons. The third-order valence-electron chi connectivity index (χ3n) is 4.58. The van der Waals surface area contributed by atoms with E-state index in [0.717, 1.165) is 25.7 Å². The minimum atomic E-state index is -0.949. The van der Waals surface area contributed by atoms with Gasteiger partial charge in [0.2, 0.25) is 0 Å². The fourth-order valence-electron chi connectivity index (χ4n) is 3.28. The van der Waals surface area contributed by atoms with Crippen molar-refractivity contribution in [1.29, 1.82) is 0 Å². The lowest BCUT2D eigenvalue weighted by atomic mass is 9.91. The van der Waals surface area contributed by atoms with Crippen LogP contribution in [0.15, 0.2) is 16.7 Å². The summed E-state index contributed by atoms with van der Waals surface area (Å²) >= 11 is 0. The predicted molar refractivity (Wildman–Crippen MR) is 77.6 cm³/mol. The molecule has 2 aliphatic rings. The third-order valence-corrected chi connectivity index (χ3v) is 4.58. The highest BCUT2D eigenvalue weighted by molar-refractivity contribution is 5.88. The number of ether oxygens (including phenoxy) is 1. The second-order valence-electron chi connectivity index (χ2n) is 6.04. The molecule has 2 saturated heterocycles. The largest absolute Gasteiger partial charge is 0.478 e. The van der Waals surface area contributed by atoms with E-state index in [1.54, 1.807) is 0 Å². The van der Waals surface area contributed by atoms with Crippen molar-refractivity contribution < 1.29 is 23.8 Å². The van der Waals surface area contributed by atoms with Crippen LogP contribution in [0.4, 0.5) is 0 Å². The number of carbonyl (C=O) groups is 2. The molecule has 0 spiro atoms. The number of piperidine rings is 1. The molecule has 6 heteroatoms. The summed E-state index contributed by atoms with van der Waals surface area (Å²) in [6, 6.07) is 1.49. The van der Waals surface area contributed by atoms with Gasteiger partial charge in [-0.3, -0.25) is 4.79 Å². The van der Waals surface area contributed by atoms with Gasteiger partial charge in [-0.15, -0.1) is 0 Å². The van der Waals surface area contributed by atoms with Gasteiger partial charge in [0.05, 0.1) is 6.26 Å². The summed E-state index contributed by atoms with van der Waals surface area (Å²) in [5.41, 5.74) is 0.248. The van der Waals surface area contributed by atoms with Crippen molar-refractivity contribution in [3.8, 4) is 0 Å². The molecule has 1 N–H and O–H groups in total. The number of carboxylic acid groups (broad SMARTS) is 1. The van der Waals surface area contributed by atoms with E-state index >= 15 is 0 Å². The van der Waals surface area contributed by atoms with Crippen molar-refractivity contribution in [3.05, 3.63) is 23.7 Å². The van der Waals surface area contributed by atoms with Crippen molar-refractivity contribution >= 4 is 11.9 Å². The number of hydrogen-bond acceptors (Lipinski definition) is 4. The Bertz CT molecular complexity index is 538. The van der Waals surface area contributed by atoms with Gasteiger partial charge in [-0.05, 0) is 37.7 Å². The highest BCUT2D eigenvalue weighted by Crippen LogP contribution is 2.25. The van der Waals surface area contributed by atoms with Gasteiger partial charge in [0.1, 0.15) is 17.4 Å². The lowest BCUT2D eigenvalue weighted by Gasteiger charge is -2.33. The maximum Gasteiger partial charge on any atom is 0.339 e. The molecule has 1 amide bonds. The molecule has 0 saturated carbocycles. The van der Waals surface area contributed by atoms with Crippen LogP contribution in [0.3, 0.4) is 0 Å². The topological polar surface area (TPSA) is 80.0 Å². The Labute approximate surface area is 129 Å². The molecular formula is C16H21NO5. The fraction of sp³-hybridized carbons (Fsp3) is 0.625. The Morgan fingerprint density at radius 2 is 2.05 bits per heavy atom. The fourth-order valence-corrected chi connectivity index (χ4v) is 3.28. The normalized spacial score (nSPS) is 22.9. The molecular weight excluding hydrogens is 286 g/mol. The molecule has 120 valence electrons. The van der Waals surface area contributed by atoms with Gasteiger partial charge in [-0.2, -0.15) is 0 Å². The zero-order valence-corrected chi connectivity index (χ0v) is 12.5. The SMILES string of the molecule is O=C(O)c1ccoc1CC1CCN(C(=O)C2CCCO2)CC1. The summed E-state index contributed by atoms with van der Waals surface area (Å²) in [7, 11) is 0. The maximum absolute atomic E-state index is 12.3. The summed E-state index contributed by atoms with van der Waals surface area (Å²) in [4.78, 5) is 25.2. The Morgan fingerprint density at radius 1 is 1.27 bits per heavy atom. The molecule has 1 aromatic heterocycles. The van der Waals surface area contributed by atoms with Crippen molar-refractivity contribution in [2.75, 3.05) is 19.7 Å². The number of aromatic carboxylic acids is 1. The molecule has 6 nitrogen and oxygen atoms in total. The number of rotatable bonds is 4. The zero-order valence-electron chi connectivity index (χ0n) is 12.5. The molecule has 2 fully saturated rings. The van der Waals surface area contributed by atoms with E-state index in [-0.39, 0.29) is 17.6 Å². The van der Waals surface area contributed by atoms with E-state index in [0.29, 0.717) is 37.8 Å². The van der Waals surface area contributed by atoms with Gasteiger partial charge < -0.3 is 19.2 Å². The van der Waals surface area contributed by atoms with Crippen LogP contribution in [-0.2, 0) is 16.0 Å². The van der Waals surface area contributed by atoms with Crippen molar-refractivity contribution in [2.24, 2.45) is 5.92 Å². The minimum Gasteiger partial charge on any atom is -0.478 e. The van der Waals surface area contributed by atoms with Gasteiger partial charge in [-0.25, -0.2) is 4.79 Å². The lowest BCUT2D eigenvalue weighted by molar-refractivity contribution is -0.142. The van der Waals surface area contributed by atoms with Gasteiger partial charge >= 0.3 is 5.97 Å². The van der Waals surface area contributed by atoms with Gasteiger partial charge in [0.25, 0.3) is 5.91 Å². The van der Waals surface area contributed by atoms with E-state index in [2.05, 4.69) is 0 Å². The highest BCUT2D eigenvalue weighted by atomic mass is 16.5. The minimum absolute atomic E-state index is 0.111. The van der Waals surface area contributed by atoms with Crippen LogP contribution in [-0.4, -0.2) is 47.7 Å². The first kappa shape index (κ1) is 15.1. The number of likely N-dealkylation sites (tertiary alicyclic amines) is 1. The summed E-state index contributed by atoms with van der Waals surface area (Å²) in [5, 5.41) is 9.09. The lowest BCUT2D eigenvalue weighted by Crippen LogP contribution is -2.44. The summed E-state index contributed by atoms with van der Waals surface area (Å²) < 4.78 is 10.8. The second kappa shape index (κ2) is 6.52. The molecule has 3 rings (SSSR count). The van der Waals surface area contributed by atoms with Crippen LogP contribution < -0.4 is 0 Å². The zero-order chi connectivity index (χ0) is 15.5. The average Bonchev–Trinajstić information content (AvgIpc) is 3.18. The Balaban J connectivity index is 1.52. The molecule has 0 bridgehead atoms. The van der Waals surface area contributed by atoms with Crippen molar-refractivity contribution in [2.45, 2.75) is 38.2 Å². The van der Waals surface area contributed by atoms with Crippen LogP contribution >= 0.6 is 0 Å². The number of carbonyl (C=O) groups excluding carboxylic acids is 1. The monoisotopic (exact) mass is 307 g/mol. The Hall–Kier alpha value is -1.82.